The molecule has 2 aromatic rings. The summed E-state index contributed by atoms with van der Waals surface area (Å²) >= 11 is 0. The number of hydrogen-bond acceptors (Lipinski definition) is 4. The van der Waals surface area contributed by atoms with E-state index in [1.807, 2.05) is 19.1 Å². The molecule has 0 saturated heterocycles. The number of fused-ring (bicyclic) bond motifs is 1. The van der Waals surface area contributed by atoms with E-state index in [0.717, 1.165) is 23.0 Å². The van der Waals surface area contributed by atoms with Gasteiger partial charge in [-0.05, 0) is 18.6 Å². The van der Waals surface area contributed by atoms with Crippen molar-refractivity contribution in [1.29, 1.82) is 0 Å². The Morgan fingerprint density at radius 3 is 3.00 bits per heavy atom. The van der Waals surface area contributed by atoms with Crippen molar-refractivity contribution in [3.8, 4) is 0 Å². The Balaban J connectivity index is 2.84. The molecule has 0 spiro atoms. The summed E-state index contributed by atoms with van der Waals surface area (Å²) in [6.07, 6.45) is 2.55. The molecule has 4 heteroatoms. The standard InChI is InChI=1S/C9H10N4/c1-2-7-6-4-3-5-11-8(6)9(10)13-12-7/h3-5H,2H2,1H3,(H2,10,13). The molecule has 0 unspecified atom stereocenters. The first-order chi connectivity index (χ1) is 6.33. The Kier molecular flexibility index (Phi) is 1.81. The lowest BCUT2D eigenvalue weighted by molar-refractivity contribution is 0.943. The molecule has 2 heterocycles. The molecular formula is C9H10N4. The van der Waals surface area contributed by atoms with E-state index in [0.29, 0.717) is 5.82 Å². The van der Waals surface area contributed by atoms with Crippen molar-refractivity contribution < 1.29 is 0 Å². The molecule has 0 aliphatic carbocycles. The van der Waals surface area contributed by atoms with Crippen LogP contribution in [0.25, 0.3) is 10.9 Å². The maximum atomic E-state index is 5.64. The smallest absolute Gasteiger partial charge is 0.172 e. The topological polar surface area (TPSA) is 64.7 Å². The fourth-order valence-electron chi connectivity index (χ4n) is 1.32. The van der Waals surface area contributed by atoms with Crippen molar-refractivity contribution in [2.75, 3.05) is 5.73 Å². The van der Waals surface area contributed by atoms with Crippen molar-refractivity contribution in [3.63, 3.8) is 0 Å². The lowest BCUT2D eigenvalue weighted by Gasteiger charge is -2.02. The third-order valence-corrected chi connectivity index (χ3v) is 1.97. The van der Waals surface area contributed by atoms with Gasteiger partial charge in [0.25, 0.3) is 0 Å². The largest absolute Gasteiger partial charge is 0.380 e. The summed E-state index contributed by atoms with van der Waals surface area (Å²) in [6, 6.07) is 3.84. The Hall–Kier alpha value is -1.71. The predicted octanol–water partition coefficient (Wildman–Crippen LogP) is 1.17. The lowest BCUT2D eigenvalue weighted by atomic mass is 10.2. The molecule has 13 heavy (non-hydrogen) atoms. The van der Waals surface area contributed by atoms with Crippen LogP contribution in [-0.4, -0.2) is 15.2 Å². The average Bonchev–Trinajstić information content (AvgIpc) is 2.19. The lowest BCUT2D eigenvalue weighted by Crippen LogP contribution is -2.00. The minimum Gasteiger partial charge on any atom is -0.380 e. The number of nitrogens with zero attached hydrogens (tertiary/aromatic N) is 3. The van der Waals surface area contributed by atoms with Crippen molar-refractivity contribution in [3.05, 3.63) is 24.0 Å². The SMILES string of the molecule is CCc1nnc(N)c2ncccc12. The second kappa shape index (κ2) is 2.97. The summed E-state index contributed by atoms with van der Waals surface area (Å²) in [6.45, 7) is 2.03. The van der Waals surface area contributed by atoms with Crippen LogP contribution < -0.4 is 5.73 Å². The van der Waals surface area contributed by atoms with Crippen molar-refractivity contribution in [2.24, 2.45) is 0 Å². The molecule has 4 nitrogen and oxygen atoms in total. The van der Waals surface area contributed by atoms with E-state index in [1.54, 1.807) is 6.20 Å². The highest BCUT2D eigenvalue weighted by Gasteiger charge is 2.04. The fraction of sp³-hybridized carbons (Fsp3) is 0.222. The number of nitrogen functional groups attached to an aromatic ring is 1. The fourth-order valence-corrected chi connectivity index (χ4v) is 1.32. The molecule has 2 aromatic heterocycles. The highest BCUT2D eigenvalue weighted by molar-refractivity contribution is 5.88. The average molecular weight is 174 g/mol. The Labute approximate surface area is 75.8 Å². The van der Waals surface area contributed by atoms with E-state index in [-0.39, 0.29) is 0 Å². The zero-order chi connectivity index (χ0) is 9.26. The van der Waals surface area contributed by atoms with Gasteiger partial charge < -0.3 is 5.73 Å². The maximum Gasteiger partial charge on any atom is 0.172 e. The van der Waals surface area contributed by atoms with Gasteiger partial charge in [0.05, 0.1) is 5.69 Å². The predicted molar refractivity (Wildman–Crippen MR) is 51.1 cm³/mol. The van der Waals surface area contributed by atoms with Gasteiger partial charge in [0.2, 0.25) is 0 Å². The normalized spacial score (nSPS) is 10.5. The molecule has 0 bridgehead atoms. The van der Waals surface area contributed by atoms with Crippen LogP contribution in [0.4, 0.5) is 5.82 Å². The molecule has 0 aromatic carbocycles. The van der Waals surface area contributed by atoms with Crippen LogP contribution in [-0.2, 0) is 6.42 Å². The summed E-state index contributed by atoms with van der Waals surface area (Å²) in [4.78, 5) is 4.16. The molecule has 0 aliphatic rings. The van der Waals surface area contributed by atoms with Crippen molar-refractivity contribution in [1.82, 2.24) is 15.2 Å². The summed E-state index contributed by atoms with van der Waals surface area (Å²) in [5, 5.41) is 8.85. The highest BCUT2D eigenvalue weighted by Crippen LogP contribution is 2.17. The van der Waals surface area contributed by atoms with Crippen molar-refractivity contribution >= 4 is 16.7 Å². The number of pyridine rings is 1. The monoisotopic (exact) mass is 174 g/mol. The van der Waals surface area contributed by atoms with Gasteiger partial charge in [0.15, 0.2) is 5.82 Å². The summed E-state index contributed by atoms with van der Waals surface area (Å²) in [5.41, 5.74) is 7.33. The summed E-state index contributed by atoms with van der Waals surface area (Å²) < 4.78 is 0. The quantitative estimate of drug-likeness (QED) is 0.704. The highest BCUT2D eigenvalue weighted by atomic mass is 15.1. The zero-order valence-electron chi connectivity index (χ0n) is 7.36. The van der Waals surface area contributed by atoms with Gasteiger partial charge in [0.1, 0.15) is 5.52 Å². The molecule has 2 rings (SSSR count). The molecule has 66 valence electrons. The zero-order valence-corrected chi connectivity index (χ0v) is 7.36. The van der Waals surface area contributed by atoms with Gasteiger partial charge in [-0.3, -0.25) is 4.98 Å². The molecule has 0 aliphatic heterocycles. The number of anilines is 1. The van der Waals surface area contributed by atoms with Crippen LogP contribution in [0, 0.1) is 0 Å². The second-order valence-corrected chi connectivity index (χ2v) is 2.79. The van der Waals surface area contributed by atoms with E-state index in [1.165, 1.54) is 0 Å². The van der Waals surface area contributed by atoms with Crippen LogP contribution in [0.15, 0.2) is 18.3 Å². The maximum absolute atomic E-state index is 5.64. The Bertz CT molecular complexity index is 439. The van der Waals surface area contributed by atoms with E-state index in [9.17, 15) is 0 Å². The van der Waals surface area contributed by atoms with E-state index < -0.39 is 0 Å². The number of aromatic nitrogens is 3. The first kappa shape index (κ1) is 7.91. The summed E-state index contributed by atoms with van der Waals surface area (Å²) in [7, 11) is 0. The van der Waals surface area contributed by atoms with Gasteiger partial charge in [-0.2, -0.15) is 5.10 Å². The molecule has 0 atom stereocenters. The molecule has 0 amide bonds. The Morgan fingerprint density at radius 1 is 1.38 bits per heavy atom. The third kappa shape index (κ3) is 1.20. The first-order valence-electron chi connectivity index (χ1n) is 4.18. The molecular weight excluding hydrogens is 164 g/mol. The van der Waals surface area contributed by atoms with E-state index in [4.69, 9.17) is 5.73 Å². The van der Waals surface area contributed by atoms with E-state index in [2.05, 4.69) is 15.2 Å². The van der Waals surface area contributed by atoms with Crippen LogP contribution in [0.5, 0.6) is 0 Å². The van der Waals surface area contributed by atoms with Crippen LogP contribution in [0.1, 0.15) is 12.6 Å². The first-order valence-corrected chi connectivity index (χ1v) is 4.18. The van der Waals surface area contributed by atoms with Crippen LogP contribution in [0.3, 0.4) is 0 Å². The minimum absolute atomic E-state index is 0.396. The van der Waals surface area contributed by atoms with Gasteiger partial charge in [0, 0.05) is 11.6 Å². The summed E-state index contributed by atoms with van der Waals surface area (Å²) in [5.74, 6) is 0.396. The van der Waals surface area contributed by atoms with Gasteiger partial charge in [-0.1, -0.05) is 6.92 Å². The van der Waals surface area contributed by atoms with E-state index >= 15 is 0 Å². The number of aryl methyl sites for hydroxylation is 1. The van der Waals surface area contributed by atoms with Crippen LogP contribution in [0.2, 0.25) is 0 Å². The molecule has 0 radical (unpaired) electrons. The van der Waals surface area contributed by atoms with Gasteiger partial charge in [-0.25, -0.2) is 0 Å². The van der Waals surface area contributed by atoms with Gasteiger partial charge in [-0.15, -0.1) is 5.10 Å². The number of rotatable bonds is 1. The van der Waals surface area contributed by atoms with Crippen molar-refractivity contribution in [2.45, 2.75) is 13.3 Å². The van der Waals surface area contributed by atoms with Crippen LogP contribution >= 0.6 is 0 Å². The minimum atomic E-state index is 0.396. The number of hydrogen-bond donors (Lipinski definition) is 1. The molecule has 0 fully saturated rings. The van der Waals surface area contributed by atoms with Gasteiger partial charge >= 0.3 is 0 Å². The second-order valence-electron chi connectivity index (χ2n) is 2.79. The number of nitrogens with two attached hydrogens (primary N) is 1. The third-order valence-electron chi connectivity index (χ3n) is 1.97. The Morgan fingerprint density at radius 2 is 2.23 bits per heavy atom. The molecule has 0 saturated carbocycles. The molecule has 2 N–H and O–H groups in total.